The lowest BCUT2D eigenvalue weighted by Crippen LogP contribution is -2.41. The number of carbonyl (C=O) groups excluding carboxylic acids is 2. The molecule has 0 saturated carbocycles. The van der Waals surface area contributed by atoms with Crippen molar-refractivity contribution in [1.29, 1.82) is 0 Å². The predicted molar refractivity (Wildman–Crippen MR) is 72.2 cm³/mol. The number of benzene rings is 1. The van der Waals surface area contributed by atoms with Crippen LogP contribution in [0.4, 0.5) is 4.79 Å². The Labute approximate surface area is 116 Å². The maximum atomic E-state index is 11.8. The molecule has 0 heterocycles. The lowest BCUT2D eigenvalue weighted by Gasteiger charge is -2.14. The molecule has 108 valence electrons. The molecule has 0 radical (unpaired) electrons. The summed E-state index contributed by atoms with van der Waals surface area (Å²) in [6, 6.07) is 6.69. The predicted octanol–water partition coefficient (Wildman–Crippen LogP) is 0.318. The van der Waals surface area contributed by atoms with Crippen LogP contribution in [0.25, 0.3) is 0 Å². The lowest BCUT2D eigenvalue weighted by atomic mass is 10.1. The van der Waals surface area contributed by atoms with Crippen LogP contribution < -0.4 is 16.4 Å². The molecule has 1 unspecified atom stereocenters. The highest BCUT2D eigenvalue weighted by Crippen LogP contribution is 2.02. The second-order valence-corrected chi connectivity index (χ2v) is 4.16. The van der Waals surface area contributed by atoms with Gasteiger partial charge in [0.05, 0.1) is 0 Å². The molecule has 0 aliphatic carbocycles. The number of rotatable bonds is 7. The molecule has 7 heteroatoms. The number of carbonyl (C=O) groups is 3. The van der Waals surface area contributed by atoms with Crippen molar-refractivity contribution in [1.82, 2.24) is 10.6 Å². The van der Waals surface area contributed by atoms with E-state index in [4.69, 9.17) is 10.8 Å². The molecule has 1 rings (SSSR count). The van der Waals surface area contributed by atoms with Crippen molar-refractivity contribution in [2.45, 2.75) is 18.9 Å². The van der Waals surface area contributed by atoms with Crippen LogP contribution in [0.3, 0.4) is 0 Å². The van der Waals surface area contributed by atoms with Gasteiger partial charge < -0.3 is 21.5 Å². The van der Waals surface area contributed by atoms with Crippen LogP contribution in [0.1, 0.15) is 23.2 Å². The normalized spacial score (nSPS) is 11.4. The molecule has 0 aromatic heterocycles. The van der Waals surface area contributed by atoms with Gasteiger partial charge in [0.2, 0.25) is 0 Å². The van der Waals surface area contributed by atoms with Gasteiger partial charge in [-0.15, -0.1) is 0 Å². The number of carboxylic acids is 1. The van der Waals surface area contributed by atoms with Crippen LogP contribution in [-0.2, 0) is 4.79 Å². The van der Waals surface area contributed by atoms with Gasteiger partial charge in [-0.3, -0.25) is 4.79 Å². The number of nitrogens with two attached hydrogens (primary N) is 1. The van der Waals surface area contributed by atoms with E-state index in [9.17, 15) is 14.4 Å². The van der Waals surface area contributed by atoms with E-state index in [2.05, 4.69) is 10.6 Å². The molecule has 7 nitrogen and oxygen atoms in total. The molecule has 0 saturated heterocycles. The van der Waals surface area contributed by atoms with Crippen LogP contribution >= 0.6 is 0 Å². The molecule has 1 aromatic carbocycles. The summed E-state index contributed by atoms with van der Waals surface area (Å²) >= 11 is 0. The summed E-state index contributed by atoms with van der Waals surface area (Å²) in [6.07, 6.45) is 0.600. The largest absolute Gasteiger partial charge is 0.480 e. The van der Waals surface area contributed by atoms with Crippen molar-refractivity contribution >= 4 is 17.9 Å². The first-order chi connectivity index (χ1) is 9.50. The summed E-state index contributed by atoms with van der Waals surface area (Å²) < 4.78 is 0. The molecule has 1 aromatic rings. The Kier molecular flexibility index (Phi) is 6.02. The van der Waals surface area contributed by atoms with E-state index in [1.807, 2.05) is 0 Å². The minimum absolute atomic E-state index is 0.203. The van der Waals surface area contributed by atoms with E-state index in [1.54, 1.807) is 30.3 Å². The van der Waals surface area contributed by atoms with Crippen LogP contribution in [0.5, 0.6) is 0 Å². The minimum Gasteiger partial charge on any atom is -0.480 e. The van der Waals surface area contributed by atoms with Crippen molar-refractivity contribution in [2.75, 3.05) is 6.54 Å². The third kappa shape index (κ3) is 5.38. The number of carboxylic acid groups (broad SMARTS) is 1. The zero-order chi connectivity index (χ0) is 15.0. The van der Waals surface area contributed by atoms with Crippen LogP contribution in [-0.4, -0.2) is 35.6 Å². The molecule has 0 aliphatic heterocycles. The second kappa shape index (κ2) is 7.78. The van der Waals surface area contributed by atoms with Gasteiger partial charge in [-0.1, -0.05) is 18.2 Å². The van der Waals surface area contributed by atoms with Crippen LogP contribution in [0.2, 0.25) is 0 Å². The molecule has 0 aliphatic rings. The summed E-state index contributed by atoms with van der Waals surface area (Å²) in [6.45, 7) is 0.264. The van der Waals surface area contributed by atoms with E-state index in [0.717, 1.165) is 0 Å². The van der Waals surface area contributed by atoms with Gasteiger partial charge in [-0.25, -0.2) is 9.59 Å². The Balaban J connectivity index is 2.49. The SMILES string of the molecule is NC(=O)NCCCC(NC(=O)c1ccccc1)C(=O)O. The number of urea groups is 1. The van der Waals surface area contributed by atoms with Gasteiger partial charge in [0, 0.05) is 12.1 Å². The maximum Gasteiger partial charge on any atom is 0.326 e. The fourth-order valence-electron chi connectivity index (χ4n) is 1.61. The Morgan fingerprint density at radius 1 is 1.20 bits per heavy atom. The number of primary amides is 1. The van der Waals surface area contributed by atoms with Crippen molar-refractivity contribution in [3.63, 3.8) is 0 Å². The molecule has 0 bridgehead atoms. The second-order valence-electron chi connectivity index (χ2n) is 4.16. The Morgan fingerprint density at radius 3 is 2.40 bits per heavy atom. The summed E-state index contributed by atoms with van der Waals surface area (Å²) in [5.41, 5.74) is 5.29. The minimum atomic E-state index is -1.12. The van der Waals surface area contributed by atoms with E-state index in [0.29, 0.717) is 12.0 Å². The van der Waals surface area contributed by atoms with Gasteiger partial charge in [-0.2, -0.15) is 0 Å². The molecule has 1 atom stereocenters. The number of amides is 3. The summed E-state index contributed by atoms with van der Waals surface area (Å²) in [7, 11) is 0. The third-order valence-corrected chi connectivity index (χ3v) is 2.61. The highest BCUT2D eigenvalue weighted by molar-refractivity contribution is 5.96. The van der Waals surface area contributed by atoms with Gasteiger partial charge in [0.25, 0.3) is 5.91 Å². The van der Waals surface area contributed by atoms with Crippen LogP contribution in [0.15, 0.2) is 30.3 Å². The maximum absolute atomic E-state index is 11.8. The average molecular weight is 279 g/mol. The van der Waals surface area contributed by atoms with Crippen molar-refractivity contribution in [3.05, 3.63) is 35.9 Å². The van der Waals surface area contributed by atoms with Gasteiger partial charge in [-0.05, 0) is 25.0 Å². The van der Waals surface area contributed by atoms with E-state index < -0.39 is 23.9 Å². The molecule has 0 spiro atoms. The fourth-order valence-corrected chi connectivity index (χ4v) is 1.61. The van der Waals surface area contributed by atoms with Crippen molar-refractivity contribution in [2.24, 2.45) is 5.73 Å². The number of aliphatic carboxylic acids is 1. The third-order valence-electron chi connectivity index (χ3n) is 2.61. The van der Waals surface area contributed by atoms with Gasteiger partial charge >= 0.3 is 12.0 Å². The monoisotopic (exact) mass is 279 g/mol. The van der Waals surface area contributed by atoms with E-state index >= 15 is 0 Å². The Bertz CT molecular complexity index is 476. The average Bonchev–Trinajstić information content (AvgIpc) is 2.42. The quantitative estimate of drug-likeness (QED) is 0.537. The van der Waals surface area contributed by atoms with Gasteiger partial charge in [0.1, 0.15) is 6.04 Å². The number of nitrogens with one attached hydrogen (secondary N) is 2. The molecule has 3 amide bonds. The zero-order valence-corrected chi connectivity index (χ0v) is 10.8. The van der Waals surface area contributed by atoms with Crippen LogP contribution in [0, 0.1) is 0 Å². The zero-order valence-electron chi connectivity index (χ0n) is 10.8. The molecule has 5 N–H and O–H groups in total. The number of hydrogen-bond donors (Lipinski definition) is 4. The van der Waals surface area contributed by atoms with Crippen molar-refractivity contribution < 1.29 is 19.5 Å². The topological polar surface area (TPSA) is 122 Å². The standard InChI is InChI=1S/C13H17N3O4/c14-13(20)15-8-4-7-10(12(18)19)16-11(17)9-5-2-1-3-6-9/h1-3,5-6,10H,4,7-8H2,(H,16,17)(H,18,19)(H3,14,15,20). The Morgan fingerprint density at radius 2 is 1.85 bits per heavy atom. The first-order valence-corrected chi connectivity index (χ1v) is 6.12. The molecule has 20 heavy (non-hydrogen) atoms. The van der Waals surface area contributed by atoms with E-state index in [1.165, 1.54) is 0 Å². The lowest BCUT2D eigenvalue weighted by molar-refractivity contribution is -0.139. The molecule has 0 fully saturated rings. The van der Waals surface area contributed by atoms with Crippen molar-refractivity contribution in [3.8, 4) is 0 Å². The Hall–Kier alpha value is -2.57. The molecular formula is C13H17N3O4. The van der Waals surface area contributed by atoms with Gasteiger partial charge in [0.15, 0.2) is 0 Å². The first-order valence-electron chi connectivity index (χ1n) is 6.12. The highest BCUT2D eigenvalue weighted by Gasteiger charge is 2.20. The highest BCUT2D eigenvalue weighted by atomic mass is 16.4. The number of hydrogen-bond acceptors (Lipinski definition) is 3. The first kappa shape index (κ1) is 15.5. The molecular weight excluding hydrogens is 262 g/mol. The smallest absolute Gasteiger partial charge is 0.326 e. The summed E-state index contributed by atoms with van der Waals surface area (Å²) in [4.78, 5) is 33.4. The summed E-state index contributed by atoms with van der Waals surface area (Å²) in [5.74, 6) is -1.56. The summed E-state index contributed by atoms with van der Waals surface area (Å²) in [5, 5.41) is 13.8. The fraction of sp³-hybridized carbons (Fsp3) is 0.308. The van der Waals surface area contributed by atoms with E-state index in [-0.39, 0.29) is 13.0 Å².